The van der Waals surface area contributed by atoms with E-state index < -0.39 is 28.7 Å². The Hall–Kier alpha value is -1.58. The largest absolute Gasteiger partial charge is 0.394 e. The number of aliphatic hydroxyl groups is 1. The predicted octanol–water partition coefficient (Wildman–Crippen LogP) is 3.23. The molecule has 1 spiro atoms. The zero-order valence-electron chi connectivity index (χ0n) is 21.6. The molecule has 1 aromatic rings. The number of hydrogen-bond acceptors (Lipinski definition) is 5. The molecular weight excluding hydrogens is 554 g/mol. The molecule has 0 radical (unpaired) electrons. The fraction of sp³-hybridized carbons (Fsp3) is 0.679. The van der Waals surface area contributed by atoms with Crippen molar-refractivity contribution in [2.75, 3.05) is 6.61 Å². The zero-order chi connectivity index (χ0) is 26.3. The van der Waals surface area contributed by atoms with E-state index in [1.54, 1.807) is 16.7 Å². The highest BCUT2D eigenvalue weighted by atomic mass is 79.9. The molecule has 1 aliphatic carbocycles. The molecule has 37 heavy (non-hydrogen) atoms. The monoisotopic (exact) mass is 591 g/mol. The van der Waals surface area contributed by atoms with Gasteiger partial charge in [0.2, 0.25) is 17.7 Å². The molecule has 9 heteroatoms. The van der Waals surface area contributed by atoms with E-state index in [1.165, 1.54) is 6.42 Å². The first kappa shape index (κ1) is 27.0. The third kappa shape index (κ3) is 4.73. The summed E-state index contributed by atoms with van der Waals surface area (Å²) in [6.45, 7) is 4.13. The van der Waals surface area contributed by atoms with Crippen molar-refractivity contribution in [2.45, 2.75) is 91.9 Å². The van der Waals surface area contributed by atoms with Crippen molar-refractivity contribution >= 4 is 45.4 Å². The minimum absolute atomic E-state index is 0.0264. The highest BCUT2D eigenvalue weighted by Crippen LogP contribution is 2.68. The molecule has 4 aliphatic rings. The van der Waals surface area contributed by atoms with Crippen LogP contribution < -0.4 is 10.6 Å². The van der Waals surface area contributed by atoms with Crippen LogP contribution in [0.25, 0.3) is 0 Å². The molecule has 5 rings (SSSR count). The number of fused-ring (bicyclic) bond motifs is 1. The van der Waals surface area contributed by atoms with Gasteiger partial charge in [-0.05, 0) is 30.7 Å². The third-order valence-corrected chi connectivity index (χ3v) is 12.1. The number of hydrogen-bond donors (Lipinski definition) is 3. The summed E-state index contributed by atoms with van der Waals surface area (Å²) in [6.07, 6.45) is 5.95. The summed E-state index contributed by atoms with van der Waals surface area (Å²) in [6, 6.07) is 8.69. The Morgan fingerprint density at radius 1 is 1.16 bits per heavy atom. The lowest BCUT2D eigenvalue weighted by Crippen LogP contribution is -2.59. The van der Waals surface area contributed by atoms with Crippen LogP contribution in [0, 0.1) is 17.8 Å². The van der Waals surface area contributed by atoms with E-state index in [0.717, 1.165) is 31.2 Å². The van der Waals surface area contributed by atoms with Crippen LogP contribution in [0.3, 0.4) is 0 Å². The van der Waals surface area contributed by atoms with Gasteiger partial charge in [-0.25, -0.2) is 0 Å². The number of rotatable bonds is 8. The summed E-state index contributed by atoms with van der Waals surface area (Å²) in [5, 5.41) is 16.6. The van der Waals surface area contributed by atoms with Gasteiger partial charge in [-0.15, -0.1) is 11.8 Å². The van der Waals surface area contributed by atoms with Gasteiger partial charge in [-0.2, -0.15) is 0 Å². The Bertz CT molecular complexity index is 1020. The van der Waals surface area contributed by atoms with Gasteiger partial charge in [-0.3, -0.25) is 14.4 Å². The molecule has 1 aromatic carbocycles. The molecule has 3 amide bonds. The van der Waals surface area contributed by atoms with Gasteiger partial charge in [0.25, 0.3) is 0 Å². The molecule has 3 aliphatic heterocycles. The van der Waals surface area contributed by atoms with Crippen molar-refractivity contribution in [3.05, 3.63) is 35.9 Å². The Morgan fingerprint density at radius 2 is 1.86 bits per heavy atom. The summed E-state index contributed by atoms with van der Waals surface area (Å²) in [7, 11) is 0. The number of aliphatic hydroxyl groups excluding tert-OH is 1. The fourth-order valence-corrected chi connectivity index (χ4v) is 10.7. The second kappa shape index (κ2) is 10.9. The predicted molar refractivity (Wildman–Crippen MR) is 148 cm³/mol. The summed E-state index contributed by atoms with van der Waals surface area (Å²) >= 11 is 5.47. The molecule has 7 atom stereocenters. The topological polar surface area (TPSA) is 98.7 Å². The van der Waals surface area contributed by atoms with Crippen LogP contribution in [0.4, 0.5) is 0 Å². The van der Waals surface area contributed by atoms with Crippen molar-refractivity contribution < 1.29 is 19.5 Å². The average molecular weight is 593 g/mol. The Labute approximate surface area is 232 Å². The average Bonchev–Trinajstić information content (AvgIpc) is 3.48. The number of alkyl halides is 1. The number of amides is 3. The van der Waals surface area contributed by atoms with Gasteiger partial charge in [0.15, 0.2) is 0 Å². The van der Waals surface area contributed by atoms with Crippen LogP contribution in [-0.4, -0.2) is 67.3 Å². The van der Waals surface area contributed by atoms with E-state index >= 15 is 0 Å². The van der Waals surface area contributed by atoms with Gasteiger partial charge in [-0.1, -0.05) is 79.4 Å². The number of nitrogens with zero attached hydrogens (tertiary/aromatic N) is 1. The van der Waals surface area contributed by atoms with Gasteiger partial charge >= 0.3 is 0 Å². The van der Waals surface area contributed by atoms with Crippen molar-refractivity contribution in [1.82, 2.24) is 15.5 Å². The lowest BCUT2D eigenvalue weighted by molar-refractivity contribution is -0.143. The van der Waals surface area contributed by atoms with Crippen molar-refractivity contribution in [3.63, 3.8) is 0 Å². The molecular formula is C28H38BrN3O4S. The minimum Gasteiger partial charge on any atom is -0.394 e. The maximum atomic E-state index is 14.2. The van der Waals surface area contributed by atoms with E-state index in [0.29, 0.717) is 13.0 Å². The van der Waals surface area contributed by atoms with E-state index in [4.69, 9.17) is 0 Å². The second-order valence-corrected chi connectivity index (χ2v) is 14.2. The van der Waals surface area contributed by atoms with Crippen LogP contribution in [-0.2, 0) is 20.9 Å². The highest BCUT2D eigenvalue weighted by Gasteiger charge is 2.76. The van der Waals surface area contributed by atoms with Crippen LogP contribution in [0.5, 0.6) is 0 Å². The maximum absolute atomic E-state index is 14.2. The third-order valence-electron chi connectivity index (χ3n) is 8.85. The first-order valence-corrected chi connectivity index (χ1v) is 15.4. The van der Waals surface area contributed by atoms with Gasteiger partial charge in [0.1, 0.15) is 6.04 Å². The molecule has 3 heterocycles. The minimum atomic E-state index is -0.701. The molecule has 2 bridgehead atoms. The number of halogens is 1. The lowest BCUT2D eigenvalue weighted by Gasteiger charge is -2.39. The molecule has 3 N–H and O–H groups in total. The van der Waals surface area contributed by atoms with Gasteiger partial charge < -0.3 is 20.6 Å². The quantitative estimate of drug-likeness (QED) is 0.403. The fourth-order valence-electron chi connectivity index (χ4n) is 7.07. The van der Waals surface area contributed by atoms with E-state index in [-0.39, 0.29) is 46.4 Å². The standard InChI is InChI=1S/C28H38BrN3O4S/c1-16(2)20(15-33)32-24(26(35)31-18-11-7-4-8-12-18)28-13-19(29)23(37-28)21(22(28)27(32)36)25(34)30-14-17-9-5-3-6-10-17/h3,5-6,9-10,16,18-24,33H,4,7-8,11-15H2,1-2H3,(H,30,34)(H,31,35)/t19?,20-,21+,22-,23+,24?,28?/m0/s1. The molecule has 202 valence electrons. The van der Waals surface area contributed by atoms with Crippen LogP contribution >= 0.6 is 27.7 Å². The summed E-state index contributed by atoms with van der Waals surface area (Å²) in [4.78, 5) is 43.6. The highest BCUT2D eigenvalue weighted by molar-refractivity contribution is 9.09. The molecule has 3 unspecified atom stereocenters. The van der Waals surface area contributed by atoms with E-state index in [2.05, 4.69) is 26.6 Å². The summed E-state index contributed by atoms with van der Waals surface area (Å²) in [5.74, 6) is -1.56. The van der Waals surface area contributed by atoms with E-state index in [1.807, 2.05) is 44.2 Å². The van der Waals surface area contributed by atoms with Gasteiger partial charge in [0.05, 0.1) is 29.2 Å². The summed E-state index contributed by atoms with van der Waals surface area (Å²) in [5.41, 5.74) is 1.00. The van der Waals surface area contributed by atoms with Crippen molar-refractivity contribution in [1.29, 1.82) is 0 Å². The normalized spacial score (nSPS) is 34.0. The molecule has 1 saturated carbocycles. The summed E-state index contributed by atoms with van der Waals surface area (Å²) < 4.78 is -0.689. The molecule has 3 saturated heterocycles. The van der Waals surface area contributed by atoms with Crippen LogP contribution in [0.1, 0.15) is 57.9 Å². The second-order valence-electron chi connectivity index (χ2n) is 11.4. The molecule has 0 aromatic heterocycles. The Kier molecular flexibility index (Phi) is 7.95. The first-order valence-electron chi connectivity index (χ1n) is 13.7. The van der Waals surface area contributed by atoms with Crippen molar-refractivity contribution in [3.8, 4) is 0 Å². The van der Waals surface area contributed by atoms with Crippen molar-refractivity contribution in [2.24, 2.45) is 17.8 Å². The number of nitrogens with one attached hydrogen (secondary N) is 2. The lowest BCUT2D eigenvalue weighted by atomic mass is 9.70. The molecule has 7 nitrogen and oxygen atoms in total. The maximum Gasteiger partial charge on any atom is 0.244 e. The number of benzene rings is 1. The number of carbonyl (C=O) groups excluding carboxylic acids is 3. The zero-order valence-corrected chi connectivity index (χ0v) is 24.0. The Morgan fingerprint density at radius 3 is 2.51 bits per heavy atom. The smallest absolute Gasteiger partial charge is 0.244 e. The van der Waals surface area contributed by atoms with Gasteiger partial charge in [0, 0.05) is 22.7 Å². The first-order chi connectivity index (χ1) is 17.8. The van der Waals surface area contributed by atoms with Crippen LogP contribution in [0.2, 0.25) is 0 Å². The van der Waals surface area contributed by atoms with E-state index in [9.17, 15) is 19.5 Å². The van der Waals surface area contributed by atoms with Crippen LogP contribution in [0.15, 0.2) is 30.3 Å². The molecule has 4 fully saturated rings. The number of carbonyl (C=O) groups is 3. The number of thioether (sulfide) groups is 1. The SMILES string of the molecule is CC(C)[C@H](CO)N1C(=O)[C@@H]2[C@@H](C(=O)NCc3ccccc3)[C@@H]3SC2(CC3Br)C1C(=O)NC1CCCCC1. The Balaban J connectivity index is 1.46. The number of likely N-dealkylation sites (tertiary alicyclic amines) is 1.